The van der Waals surface area contributed by atoms with Gasteiger partial charge in [-0.25, -0.2) is 18.7 Å². The second kappa shape index (κ2) is 9.90. The highest BCUT2D eigenvalue weighted by atomic mass is 35.5. The van der Waals surface area contributed by atoms with E-state index in [1.807, 2.05) is 75.2 Å². The highest BCUT2D eigenvalue weighted by Gasteiger charge is 2.68. The molecule has 1 amide bonds. The molecule has 1 aliphatic heterocycles. The number of hydrogen-bond acceptors (Lipinski definition) is 4. The van der Waals surface area contributed by atoms with Crippen LogP contribution in [0.5, 0.6) is 0 Å². The fraction of sp³-hybridized carbons (Fsp3) is 0.421. The summed E-state index contributed by atoms with van der Waals surface area (Å²) in [5, 5.41) is -0.557. The number of halogens is 3. The van der Waals surface area contributed by atoms with Crippen LogP contribution in [0.15, 0.2) is 30.6 Å². The van der Waals surface area contributed by atoms with Crippen LogP contribution in [0, 0.1) is 5.82 Å². The van der Waals surface area contributed by atoms with E-state index in [2.05, 4.69) is 38.8 Å². The Morgan fingerprint density at radius 3 is 2.11 bits per heavy atom. The lowest BCUT2D eigenvalue weighted by Crippen LogP contribution is -2.83. The van der Waals surface area contributed by atoms with Gasteiger partial charge in [0.15, 0.2) is 0 Å². The van der Waals surface area contributed by atoms with Crippen LogP contribution in [-0.4, -0.2) is 129 Å². The van der Waals surface area contributed by atoms with E-state index in [0.717, 1.165) is 5.56 Å². The zero-order chi connectivity index (χ0) is 29.1. The lowest BCUT2D eigenvalue weighted by molar-refractivity contribution is -0.0224. The number of carbonyl (C=O) groups is 1. The number of alkyl halides is 1. The molecule has 2 heterocycles. The maximum atomic E-state index is 17.7. The van der Waals surface area contributed by atoms with E-state index in [0.29, 0.717) is 12.4 Å². The third-order valence-electron chi connectivity index (χ3n) is 8.98. The van der Waals surface area contributed by atoms with Gasteiger partial charge in [0, 0.05) is 18.0 Å². The smallest absolute Gasteiger partial charge is 0.252 e. The summed E-state index contributed by atoms with van der Waals surface area (Å²) < 4.78 is 31.5. The summed E-state index contributed by atoms with van der Waals surface area (Å²) in [6, 6.07) is 3.95. The Labute approximate surface area is 240 Å². The van der Waals surface area contributed by atoms with E-state index >= 15 is 4.39 Å². The number of likely N-dealkylation sites (tertiary alicyclic amines) is 1. The number of hydrogen-bond donors (Lipinski definition) is 1. The van der Waals surface area contributed by atoms with Crippen LogP contribution in [0.25, 0.3) is 0 Å². The van der Waals surface area contributed by atoms with Gasteiger partial charge >= 0.3 is 0 Å². The number of rotatable bonds is 6. The summed E-state index contributed by atoms with van der Waals surface area (Å²) in [7, 11) is 21.3. The second-order valence-electron chi connectivity index (χ2n) is 13.9. The van der Waals surface area contributed by atoms with Gasteiger partial charge in [-0.1, -0.05) is 16.7 Å². The van der Waals surface area contributed by atoms with Crippen molar-refractivity contribution in [1.29, 1.82) is 0 Å². The predicted molar refractivity (Wildman–Crippen MR) is 181 cm³/mol. The summed E-state index contributed by atoms with van der Waals surface area (Å²) in [4.78, 5) is 24.6. The molecule has 5 nitrogen and oxygen atoms in total. The van der Waals surface area contributed by atoms with Gasteiger partial charge in [0.05, 0.1) is 35.1 Å². The number of carbonyl (C=O) groups excluding carboxylic acids is 1. The van der Waals surface area contributed by atoms with Crippen molar-refractivity contribution in [2.24, 2.45) is 0 Å². The van der Waals surface area contributed by atoms with Crippen LogP contribution in [0.1, 0.15) is 28.2 Å². The van der Waals surface area contributed by atoms with Gasteiger partial charge in [0.25, 0.3) is 5.91 Å². The minimum absolute atomic E-state index is 0.0555. The van der Waals surface area contributed by atoms with Gasteiger partial charge in [0.1, 0.15) is 80.1 Å². The lowest BCUT2D eigenvalue weighted by atomic mass is 9.21. The molecule has 2 aromatic rings. The topological polar surface area (TPSA) is 58.1 Å². The van der Waals surface area contributed by atoms with Crippen LogP contribution >= 0.6 is 11.6 Å². The Balaban J connectivity index is 1.95. The molecule has 1 N–H and O–H groups in total. The molecule has 1 aliphatic rings. The molecule has 1 saturated heterocycles. The van der Waals surface area contributed by atoms with Crippen molar-refractivity contribution in [2.75, 3.05) is 0 Å². The number of amides is 1. The molecule has 188 valence electrons. The normalized spacial score (nSPS) is 22.6. The quantitative estimate of drug-likeness (QED) is 0.382. The van der Waals surface area contributed by atoms with Crippen LogP contribution in [0.4, 0.5) is 8.78 Å². The van der Waals surface area contributed by atoms with E-state index in [9.17, 15) is 9.18 Å². The highest BCUT2D eigenvalue weighted by Crippen LogP contribution is 2.58. The highest BCUT2D eigenvalue weighted by molar-refractivity contribution is 6.59. The molecule has 3 rings (SSSR count). The molecule has 0 bridgehead atoms. The molecular formula is C19H32B11ClF2N4O. The molecule has 1 unspecified atom stereocenters. The fourth-order valence-corrected chi connectivity index (χ4v) is 6.16. The van der Waals surface area contributed by atoms with E-state index in [4.69, 9.17) is 11.6 Å². The third kappa shape index (κ3) is 5.21. The molecule has 0 aliphatic carbocycles. The molecule has 1 atom stereocenters. The number of nitrogens with zero attached hydrogens (tertiary/aromatic N) is 3. The van der Waals surface area contributed by atoms with Crippen molar-refractivity contribution >= 4 is 104 Å². The van der Waals surface area contributed by atoms with Crippen molar-refractivity contribution in [3.05, 3.63) is 58.4 Å². The van der Waals surface area contributed by atoms with Gasteiger partial charge < -0.3 is 10.2 Å². The average molecular weight is 525 g/mol. The van der Waals surface area contributed by atoms with Crippen molar-refractivity contribution in [2.45, 2.75) is 45.0 Å². The molecule has 19 heteroatoms. The summed E-state index contributed by atoms with van der Waals surface area (Å²) in [5.74, 6) is -0.310. The first-order valence-corrected chi connectivity index (χ1v) is 13.5. The zero-order valence-electron chi connectivity index (χ0n) is 24.7. The first kappa shape index (κ1) is 31.1. The van der Waals surface area contributed by atoms with Gasteiger partial charge in [-0.3, -0.25) is 4.79 Å². The van der Waals surface area contributed by atoms with E-state index in [-0.39, 0.29) is 28.0 Å². The largest absolute Gasteiger partial charge is 0.360 e. The van der Waals surface area contributed by atoms with Gasteiger partial charge in [-0.2, -0.15) is 0 Å². The Kier molecular flexibility index (Phi) is 8.11. The molecule has 0 saturated carbocycles. The summed E-state index contributed by atoms with van der Waals surface area (Å²) in [6.45, 7) is 0.302. The molecule has 1 fully saturated rings. The minimum Gasteiger partial charge on any atom is -0.360 e. The Morgan fingerprint density at radius 2 is 1.61 bits per heavy atom. The van der Waals surface area contributed by atoms with Gasteiger partial charge in [-0.05, 0) is 51.4 Å². The number of nitrogens with one attached hydrogen (secondary N) is 1. The van der Waals surface area contributed by atoms with Crippen LogP contribution < -0.4 is 5.32 Å². The predicted octanol–water partition coefficient (Wildman–Crippen LogP) is -8.23. The van der Waals surface area contributed by atoms with Crippen LogP contribution in [0.2, 0.25) is 10.2 Å². The zero-order valence-corrected chi connectivity index (χ0v) is 25.4. The first-order chi connectivity index (χ1) is 17.1. The third-order valence-corrected chi connectivity index (χ3v) is 9.27. The molecule has 0 radical (unpaired) electrons. The number of aromatic nitrogens is 2. The standard InChI is InChI=1S/C19H32B11ClF2N4O/c20-15(21)7-14(33,18(27,28)36-6-12-34-4-9(5-35-12)16(22,23)24)17(25,26)19(29,30)37(15)13(38)8-1-2-11(32)10(31)3-8/h1-5,36H,6-7,20-30H2. The summed E-state index contributed by atoms with van der Waals surface area (Å²) in [5.41, 5.74) is -0.435. The summed E-state index contributed by atoms with van der Waals surface area (Å²) >= 11 is 5.99. The Bertz CT molecular complexity index is 1230. The fourth-order valence-electron chi connectivity index (χ4n) is 5.98. The van der Waals surface area contributed by atoms with Crippen molar-refractivity contribution in [1.82, 2.24) is 20.2 Å². The lowest BCUT2D eigenvalue weighted by Gasteiger charge is -2.70. The van der Waals surface area contributed by atoms with E-state index in [1.54, 1.807) is 4.90 Å². The second-order valence-corrected chi connectivity index (χ2v) is 14.3. The number of benzene rings is 1. The minimum atomic E-state index is -1.74. The maximum Gasteiger partial charge on any atom is 0.252 e. The maximum absolute atomic E-state index is 17.7. The van der Waals surface area contributed by atoms with Crippen molar-refractivity contribution in [3.63, 3.8) is 0 Å². The first-order valence-electron chi connectivity index (χ1n) is 13.1. The van der Waals surface area contributed by atoms with Crippen molar-refractivity contribution < 1.29 is 13.6 Å². The molecule has 0 spiro atoms. The van der Waals surface area contributed by atoms with E-state index < -0.39 is 32.7 Å². The number of piperidine rings is 1. The Hall–Kier alpha value is -1.41. The molecule has 38 heavy (non-hydrogen) atoms. The molecular weight excluding hydrogens is 493 g/mol. The van der Waals surface area contributed by atoms with Gasteiger partial charge in [-0.15, -0.1) is 0 Å². The van der Waals surface area contributed by atoms with Gasteiger partial charge in [0.2, 0.25) is 0 Å². The monoisotopic (exact) mass is 526 g/mol. The van der Waals surface area contributed by atoms with Crippen molar-refractivity contribution in [3.8, 4) is 0 Å². The van der Waals surface area contributed by atoms with E-state index in [1.165, 1.54) is 18.2 Å². The van der Waals surface area contributed by atoms with Crippen LogP contribution in [-0.2, 0) is 11.7 Å². The van der Waals surface area contributed by atoms with Crippen LogP contribution in [0.3, 0.4) is 0 Å². The molecule has 1 aromatic carbocycles. The SMILES string of the molecule is BC(B)(B)c1cnc(CNC(B)(B)C2(F)CC(B)(B)N(C(=O)c3ccc(F)c(Cl)c3)C(B)(B)C2(B)B)nc1. The summed E-state index contributed by atoms with van der Waals surface area (Å²) in [6.07, 6.45) is 3.73. The average Bonchev–Trinajstić information content (AvgIpc) is 2.77. The Morgan fingerprint density at radius 1 is 1.05 bits per heavy atom. The molecule has 1 aromatic heterocycles.